The molecule has 0 spiro atoms. The molecule has 3 rings (SSSR count). The van der Waals surface area contributed by atoms with Crippen molar-refractivity contribution in [3.05, 3.63) is 63.6 Å². The van der Waals surface area contributed by atoms with Crippen LogP contribution in [-0.4, -0.2) is 50.0 Å². The number of amides is 1. The third-order valence-electron chi connectivity index (χ3n) is 5.05. The molecule has 10 heteroatoms. The lowest BCUT2D eigenvalue weighted by molar-refractivity contribution is -0.122. The minimum absolute atomic E-state index is 0.0625. The van der Waals surface area contributed by atoms with Gasteiger partial charge in [-0.05, 0) is 36.1 Å². The first kappa shape index (κ1) is 23.8. The van der Waals surface area contributed by atoms with Crippen LogP contribution in [0.2, 0.25) is 10.0 Å². The summed E-state index contributed by atoms with van der Waals surface area (Å²) in [5.74, 6) is -0.575. The number of carbonyl (C=O) groups is 1. The molecule has 168 valence electrons. The number of nitrogens with zero attached hydrogens (tertiary/aromatic N) is 2. The molecular weight excluding hydrogens is 461 g/mol. The number of nitrogens with one attached hydrogen (secondary N) is 1. The van der Waals surface area contributed by atoms with E-state index in [1.807, 2.05) is 19.9 Å². The number of aliphatic hydroxyl groups excluding tert-OH is 1. The van der Waals surface area contributed by atoms with Crippen LogP contribution in [0.15, 0.2) is 42.5 Å². The van der Waals surface area contributed by atoms with E-state index < -0.39 is 22.2 Å². The third-order valence-corrected chi connectivity index (χ3v) is 7.44. The van der Waals surface area contributed by atoms with Crippen LogP contribution < -0.4 is 9.62 Å². The average Bonchev–Trinajstić information content (AvgIpc) is 2.69. The highest BCUT2D eigenvalue weighted by molar-refractivity contribution is 7.90. The third kappa shape index (κ3) is 5.32. The van der Waals surface area contributed by atoms with Gasteiger partial charge in [-0.25, -0.2) is 0 Å². The van der Waals surface area contributed by atoms with E-state index in [2.05, 4.69) is 5.32 Å². The van der Waals surface area contributed by atoms with Gasteiger partial charge in [0.15, 0.2) is 0 Å². The lowest BCUT2D eigenvalue weighted by Crippen LogP contribution is -2.56. The molecule has 0 aliphatic carbocycles. The van der Waals surface area contributed by atoms with Gasteiger partial charge in [0.2, 0.25) is 5.91 Å². The molecule has 1 amide bonds. The maximum atomic E-state index is 13.3. The van der Waals surface area contributed by atoms with Crippen molar-refractivity contribution in [2.24, 2.45) is 5.92 Å². The Bertz CT molecular complexity index is 1030. The van der Waals surface area contributed by atoms with Crippen molar-refractivity contribution in [3.8, 4) is 0 Å². The zero-order chi connectivity index (χ0) is 22.8. The van der Waals surface area contributed by atoms with E-state index in [9.17, 15) is 18.3 Å². The van der Waals surface area contributed by atoms with Crippen molar-refractivity contribution < 1.29 is 18.3 Å². The van der Waals surface area contributed by atoms with Gasteiger partial charge in [0.25, 0.3) is 0 Å². The van der Waals surface area contributed by atoms with E-state index in [4.69, 9.17) is 23.2 Å². The molecule has 2 atom stereocenters. The zero-order valence-electron chi connectivity index (χ0n) is 17.3. The van der Waals surface area contributed by atoms with E-state index in [0.29, 0.717) is 0 Å². The van der Waals surface area contributed by atoms with Crippen LogP contribution in [-0.2, 0) is 15.0 Å². The minimum atomic E-state index is -4.04. The summed E-state index contributed by atoms with van der Waals surface area (Å²) in [6, 6.07) is 11.7. The topological polar surface area (TPSA) is 89.9 Å². The molecule has 1 fully saturated rings. The maximum Gasteiger partial charge on any atom is 0.304 e. The summed E-state index contributed by atoms with van der Waals surface area (Å²) in [4.78, 5) is 12.7. The number of carbonyl (C=O) groups excluding carboxylic acids is 1. The molecule has 1 aliphatic rings. The predicted octanol–water partition coefficient (Wildman–Crippen LogP) is 3.15. The Morgan fingerprint density at radius 3 is 2.39 bits per heavy atom. The Kier molecular flexibility index (Phi) is 7.49. The molecule has 2 N–H and O–H groups in total. The number of halogens is 2. The van der Waals surface area contributed by atoms with Crippen LogP contribution in [0.1, 0.15) is 24.1 Å². The van der Waals surface area contributed by atoms with Gasteiger partial charge < -0.3 is 10.4 Å². The molecular formula is C21H25Cl2N3O4S. The second-order valence-electron chi connectivity index (χ2n) is 7.73. The molecule has 0 bridgehead atoms. The van der Waals surface area contributed by atoms with Crippen molar-refractivity contribution in [1.29, 1.82) is 0 Å². The van der Waals surface area contributed by atoms with Crippen LogP contribution in [0.3, 0.4) is 0 Å². The van der Waals surface area contributed by atoms with Gasteiger partial charge in [0.1, 0.15) is 0 Å². The number of benzene rings is 2. The highest BCUT2D eigenvalue weighted by Crippen LogP contribution is 2.39. The van der Waals surface area contributed by atoms with Crippen LogP contribution in [0.5, 0.6) is 0 Å². The summed E-state index contributed by atoms with van der Waals surface area (Å²) in [7, 11) is -4.04. The summed E-state index contributed by atoms with van der Waals surface area (Å²) < 4.78 is 28.9. The van der Waals surface area contributed by atoms with Gasteiger partial charge in [-0.3, -0.25) is 9.10 Å². The summed E-state index contributed by atoms with van der Waals surface area (Å²) in [6.07, 6.45) is 0. The van der Waals surface area contributed by atoms with Crippen LogP contribution in [0, 0.1) is 12.8 Å². The fraction of sp³-hybridized carbons (Fsp3) is 0.381. The number of rotatable bonds is 6. The largest absolute Gasteiger partial charge is 0.394 e. The number of aliphatic hydroxyl groups is 1. The molecule has 0 saturated carbocycles. The van der Waals surface area contributed by atoms with E-state index in [1.165, 1.54) is 4.31 Å². The molecule has 0 aromatic heterocycles. The molecule has 31 heavy (non-hydrogen) atoms. The van der Waals surface area contributed by atoms with E-state index in [0.717, 1.165) is 15.4 Å². The summed E-state index contributed by atoms with van der Waals surface area (Å²) in [5.41, 5.74) is 1.75. The predicted molar refractivity (Wildman–Crippen MR) is 123 cm³/mol. The molecule has 0 unspecified atom stereocenters. The van der Waals surface area contributed by atoms with Gasteiger partial charge in [-0.15, -0.1) is 0 Å². The molecule has 7 nitrogen and oxygen atoms in total. The van der Waals surface area contributed by atoms with Gasteiger partial charge in [-0.2, -0.15) is 12.7 Å². The molecule has 2 aromatic carbocycles. The molecule has 2 aromatic rings. The Labute approximate surface area is 192 Å². The number of hydrogen-bond donors (Lipinski definition) is 2. The Balaban J connectivity index is 1.82. The number of anilines is 1. The lowest BCUT2D eigenvalue weighted by Gasteiger charge is -2.39. The highest BCUT2D eigenvalue weighted by Gasteiger charge is 2.39. The Morgan fingerprint density at radius 1 is 1.19 bits per heavy atom. The quantitative estimate of drug-likeness (QED) is 0.657. The van der Waals surface area contributed by atoms with E-state index in [-0.39, 0.29) is 47.9 Å². The minimum Gasteiger partial charge on any atom is -0.394 e. The summed E-state index contributed by atoms with van der Waals surface area (Å²) in [5, 5.41) is 12.8. The monoisotopic (exact) mass is 485 g/mol. The van der Waals surface area contributed by atoms with Gasteiger partial charge >= 0.3 is 10.2 Å². The summed E-state index contributed by atoms with van der Waals surface area (Å²) >= 11 is 12.7. The van der Waals surface area contributed by atoms with Crippen molar-refractivity contribution in [1.82, 2.24) is 9.62 Å². The molecule has 1 heterocycles. The first-order valence-corrected chi connectivity index (χ1v) is 12.0. The fourth-order valence-corrected chi connectivity index (χ4v) is 6.39. The standard InChI is InChI=1S/C21H25Cl2N3O4S/c1-14-8-17(22)21(18(23)9-14)26-11-15(2)10-25(31(26,29)30)12-20(28)24-19(13-27)16-6-4-3-5-7-16/h3-9,15,19,27H,10-13H2,1-2H3,(H,24,28)/t15-,19-/m1/s1. The summed E-state index contributed by atoms with van der Waals surface area (Å²) in [6.45, 7) is 3.40. The van der Waals surface area contributed by atoms with Gasteiger partial charge in [0.05, 0.1) is 34.9 Å². The smallest absolute Gasteiger partial charge is 0.304 e. The fourth-order valence-electron chi connectivity index (χ4n) is 3.62. The molecule has 1 aliphatic heterocycles. The second kappa shape index (κ2) is 9.75. The average molecular weight is 486 g/mol. The van der Waals surface area contributed by atoms with Crippen molar-refractivity contribution in [2.45, 2.75) is 19.9 Å². The van der Waals surface area contributed by atoms with Gasteiger partial charge in [-0.1, -0.05) is 60.5 Å². The van der Waals surface area contributed by atoms with E-state index in [1.54, 1.807) is 36.4 Å². The Hall–Kier alpha value is -1.84. The van der Waals surface area contributed by atoms with E-state index >= 15 is 0 Å². The maximum absolute atomic E-state index is 13.3. The van der Waals surface area contributed by atoms with Crippen LogP contribution in [0.4, 0.5) is 5.69 Å². The number of aryl methyl sites for hydroxylation is 1. The van der Waals surface area contributed by atoms with Crippen molar-refractivity contribution in [2.75, 3.05) is 30.5 Å². The molecule has 1 saturated heterocycles. The first-order chi connectivity index (χ1) is 14.6. The Morgan fingerprint density at radius 2 is 1.81 bits per heavy atom. The lowest BCUT2D eigenvalue weighted by atomic mass is 10.1. The molecule has 0 radical (unpaired) electrons. The SMILES string of the molecule is Cc1cc(Cl)c(N2C[C@H](C)CN(CC(=O)N[C@H](CO)c3ccccc3)S2(=O)=O)c(Cl)c1. The zero-order valence-corrected chi connectivity index (χ0v) is 19.6. The van der Waals surface area contributed by atoms with Gasteiger partial charge in [0, 0.05) is 13.1 Å². The van der Waals surface area contributed by atoms with Crippen molar-refractivity contribution >= 4 is 45.0 Å². The normalized spacial score (nSPS) is 19.8. The van der Waals surface area contributed by atoms with Crippen molar-refractivity contribution in [3.63, 3.8) is 0 Å². The van der Waals surface area contributed by atoms with Crippen LogP contribution >= 0.6 is 23.2 Å². The highest BCUT2D eigenvalue weighted by atomic mass is 35.5. The van der Waals surface area contributed by atoms with Crippen LogP contribution in [0.25, 0.3) is 0 Å². The second-order valence-corrected chi connectivity index (χ2v) is 10.4. The first-order valence-electron chi connectivity index (χ1n) is 9.82. The number of hydrogen-bond acceptors (Lipinski definition) is 4.